The van der Waals surface area contributed by atoms with Gasteiger partial charge in [0.15, 0.2) is 6.61 Å². The van der Waals surface area contributed by atoms with Gasteiger partial charge in [-0.2, -0.15) is 5.10 Å². The minimum absolute atomic E-state index is 0.212. The standard InChI is InChI=1S/C27H23FN4O4/c1-17-29-30-27(36-17)20-7-13-23(14-8-20)35-16-26(33)32-25(19-3-9-21(28)10-4-19)15-24(31-32)18-5-11-22(34-2)12-6-18/h3-14,25H,15-16H2,1-2H3. The SMILES string of the molecule is COc1ccc(C2=NN(C(=O)COc3ccc(-c4nnc(C)o4)cc3)C(c3ccc(F)cc3)C2)cc1. The fourth-order valence-corrected chi connectivity index (χ4v) is 3.96. The monoisotopic (exact) mass is 486 g/mol. The molecule has 9 heteroatoms. The second kappa shape index (κ2) is 9.99. The first-order valence-electron chi connectivity index (χ1n) is 11.3. The van der Waals surface area contributed by atoms with Crippen molar-refractivity contribution in [3.8, 4) is 23.0 Å². The van der Waals surface area contributed by atoms with Crippen molar-refractivity contribution in [1.82, 2.24) is 15.2 Å². The third kappa shape index (κ3) is 4.95. The Hall–Kier alpha value is -4.53. The number of hydrogen-bond acceptors (Lipinski definition) is 7. The van der Waals surface area contributed by atoms with Crippen molar-refractivity contribution in [3.63, 3.8) is 0 Å². The van der Waals surface area contributed by atoms with E-state index in [1.165, 1.54) is 17.1 Å². The number of carbonyl (C=O) groups excluding carboxylic acids is 1. The van der Waals surface area contributed by atoms with Crippen molar-refractivity contribution in [1.29, 1.82) is 0 Å². The highest BCUT2D eigenvalue weighted by molar-refractivity contribution is 6.03. The minimum atomic E-state index is -0.373. The molecule has 1 atom stereocenters. The molecule has 0 saturated heterocycles. The van der Waals surface area contributed by atoms with Gasteiger partial charge in [0.2, 0.25) is 11.8 Å². The molecule has 5 rings (SSSR count). The molecule has 1 aliphatic heterocycles. The maximum Gasteiger partial charge on any atom is 0.281 e. The number of carbonyl (C=O) groups is 1. The van der Waals surface area contributed by atoms with Gasteiger partial charge in [0.25, 0.3) is 5.91 Å². The van der Waals surface area contributed by atoms with E-state index in [1.54, 1.807) is 50.4 Å². The van der Waals surface area contributed by atoms with E-state index >= 15 is 0 Å². The predicted octanol–water partition coefficient (Wildman–Crippen LogP) is 4.95. The zero-order valence-electron chi connectivity index (χ0n) is 19.7. The molecule has 0 fully saturated rings. The first kappa shape index (κ1) is 23.2. The molecule has 0 radical (unpaired) electrons. The Balaban J connectivity index is 1.33. The molecule has 36 heavy (non-hydrogen) atoms. The Morgan fingerprint density at radius 2 is 1.64 bits per heavy atom. The molecule has 1 amide bonds. The Labute approximate surface area is 207 Å². The summed E-state index contributed by atoms with van der Waals surface area (Å²) in [5, 5.41) is 13.9. The Morgan fingerprint density at radius 3 is 2.28 bits per heavy atom. The van der Waals surface area contributed by atoms with Gasteiger partial charge in [0, 0.05) is 18.9 Å². The summed E-state index contributed by atoms with van der Waals surface area (Å²) in [4.78, 5) is 13.2. The summed E-state index contributed by atoms with van der Waals surface area (Å²) in [5.41, 5.74) is 3.17. The second-order valence-electron chi connectivity index (χ2n) is 8.22. The molecule has 1 aliphatic rings. The van der Waals surface area contributed by atoms with Crippen molar-refractivity contribution in [2.24, 2.45) is 5.10 Å². The van der Waals surface area contributed by atoms with Gasteiger partial charge in [0.1, 0.15) is 17.3 Å². The lowest BCUT2D eigenvalue weighted by Crippen LogP contribution is -2.31. The summed E-state index contributed by atoms with van der Waals surface area (Å²) >= 11 is 0. The topological polar surface area (TPSA) is 90.0 Å². The molecule has 0 aliphatic carbocycles. The van der Waals surface area contributed by atoms with Crippen molar-refractivity contribution in [2.75, 3.05) is 13.7 Å². The average Bonchev–Trinajstić information content (AvgIpc) is 3.55. The summed E-state index contributed by atoms with van der Waals surface area (Å²) in [7, 11) is 1.60. The molecule has 0 saturated carbocycles. The molecule has 0 spiro atoms. The van der Waals surface area contributed by atoms with E-state index in [0.29, 0.717) is 24.0 Å². The van der Waals surface area contributed by atoms with E-state index in [4.69, 9.17) is 13.9 Å². The van der Waals surface area contributed by atoms with Crippen LogP contribution in [0.1, 0.15) is 29.5 Å². The molecule has 1 unspecified atom stereocenters. The molecule has 1 aromatic heterocycles. The van der Waals surface area contributed by atoms with Crippen LogP contribution in [0.3, 0.4) is 0 Å². The van der Waals surface area contributed by atoms with Gasteiger partial charge in [-0.3, -0.25) is 4.79 Å². The van der Waals surface area contributed by atoms with Gasteiger partial charge in [-0.1, -0.05) is 12.1 Å². The summed E-state index contributed by atoms with van der Waals surface area (Å²) in [6.45, 7) is 1.51. The molecular weight excluding hydrogens is 463 g/mol. The third-order valence-electron chi connectivity index (χ3n) is 5.83. The third-order valence-corrected chi connectivity index (χ3v) is 5.83. The van der Waals surface area contributed by atoms with Crippen LogP contribution in [-0.2, 0) is 4.79 Å². The van der Waals surface area contributed by atoms with Crippen LogP contribution in [-0.4, -0.2) is 40.5 Å². The number of amides is 1. The maximum atomic E-state index is 13.5. The van der Waals surface area contributed by atoms with Crippen LogP contribution in [0.25, 0.3) is 11.5 Å². The summed E-state index contributed by atoms with van der Waals surface area (Å²) < 4.78 is 29.9. The summed E-state index contributed by atoms with van der Waals surface area (Å²) in [6, 6.07) is 20.2. The predicted molar refractivity (Wildman–Crippen MR) is 130 cm³/mol. The van der Waals surface area contributed by atoms with Crippen LogP contribution >= 0.6 is 0 Å². The van der Waals surface area contributed by atoms with E-state index in [-0.39, 0.29) is 24.4 Å². The molecule has 0 N–H and O–H groups in total. The van der Waals surface area contributed by atoms with Crippen LogP contribution in [0.5, 0.6) is 11.5 Å². The second-order valence-corrected chi connectivity index (χ2v) is 8.22. The number of benzene rings is 3. The highest BCUT2D eigenvalue weighted by Gasteiger charge is 2.33. The largest absolute Gasteiger partial charge is 0.497 e. The molecule has 8 nitrogen and oxygen atoms in total. The zero-order chi connectivity index (χ0) is 25.1. The number of hydrazone groups is 1. The Morgan fingerprint density at radius 1 is 0.972 bits per heavy atom. The van der Waals surface area contributed by atoms with Crippen LogP contribution in [0.15, 0.2) is 82.3 Å². The first-order chi connectivity index (χ1) is 17.5. The van der Waals surface area contributed by atoms with Crippen molar-refractivity contribution in [2.45, 2.75) is 19.4 Å². The fraction of sp³-hybridized carbons (Fsp3) is 0.185. The van der Waals surface area contributed by atoms with Crippen LogP contribution in [0.2, 0.25) is 0 Å². The molecule has 0 bridgehead atoms. The normalized spacial score (nSPS) is 15.0. The number of halogens is 1. The van der Waals surface area contributed by atoms with Crippen molar-refractivity contribution >= 4 is 11.6 Å². The summed E-state index contributed by atoms with van der Waals surface area (Å²) in [5.74, 6) is 1.48. The molecular formula is C27H23FN4O4. The Bertz CT molecular complexity index is 1380. The number of rotatable bonds is 7. The van der Waals surface area contributed by atoms with Gasteiger partial charge in [-0.15, -0.1) is 10.2 Å². The highest BCUT2D eigenvalue weighted by Crippen LogP contribution is 2.33. The number of aromatic nitrogens is 2. The lowest BCUT2D eigenvalue weighted by molar-refractivity contribution is -0.135. The molecule has 182 valence electrons. The van der Waals surface area contributed by atoms with Gasteiger partial charge >= 0.3 is 0 Å². The smallest absolute Gasteiger partial charge is 0.281 e. The number of hydrogen-bond donors (Lipinski definition) is 0. The van der Waals surface area contributed by atoms with Gasteiger partial charge in [-0.25, -0.2) is 9.40 Å². The lowest BCUT2D eigenvalue weighted by Gasteiger charge is -2.22. The van der Waals surface area contributed by atoms with Gasteiger partial charge in [0.05, 0.1) is 18.9 Å². The van der Waals surface area contributed by atoms with Gasteiger partial charge < -0.3 is 13.9 Å². The maximum absolute atomic E-state index is 13.5. The van der Waals surface area contributed by atoms with E-state index in [9.17, 15) is 9.18 Å². The molecule has 2 heterocycles. The zero-order valence-corrected chi connectivity index (χ0v) is 19.7. The Kier molecular flexibility index (Phi) is 6.44. The van der Waals surface area contributed by atoms with Crippen LogP contribution < -0.4 is 9.47 Å². The fourth-order valence-electron chi connectivity index (χ4n) is 3.96. The summed E-state index contributed by atoms with van der Waals surface area (Å²) in [6.07, 6.45) is 0.488. The van der Waals surface area contributed by atoms with Crippen LogP contribution in [0.4, 0.5) is 4.39 Å². The first-order valence-corrected chi connectivity index (χ1v) is 11.3. The van der Waals surface area contributed by atoms with E-state index in [2.05, 4.69) is 15.3 Å². The van der Waals surface area contributed by atoms with E-state index in [1.807, 2.05) is 24.3 Å². The number of ether oxygens (including phenoxy) is 2. The molecule has 4 aromatic rings. The average molecular weight is 487 g/mol. The minimum Gasteiger partial charge on any atom is -0.497 e. The van der Waals surface area contributed by atoms with Crippen molar-refractivity contribution < 1.29 is 23.1 Å². The number of nitrogens with zero attached hydrogens (tertiary/aromatic N) is 4. The van der Waals surface area contributed by atoms with Crippen LogP contribution in [0, 0.1) is 12.7 Å². The molecule has 3 aromatic carbocycles. The number of aryl methyl sites for hydroxylation is 1. The van der Waals surface area contributed by atoms with Gasteiger partial charge in [-0.05, 0) is 71.8 Å². The van der Waals surface area contributed by atoms with E-state index in [0.717, 1.165) is 28.2 Å². The number of methoxy groups -OCH3 is 1. The highest BCUT2D eigenvalue weighted by atomic mass is 19.1. The van der Waals surface area contributed by atoms with Crippen molar-refractivity contribution in [3.05, 3.63) is 95.6 Å². The lowest BCUT2D eigenvalue weighted by atomic mass is 9.98. The quantitative estimate of drug-likeness (QED) is 0.367. The van der Waals surface area contributed by atoms with E-state index < -0.39 is 0 Å².